The van der Waals surface area contributed by atoms with Crippen LogP contribution < -0.4 is 5.32 Å². The standard InChI is InChI=1S/C10H17ClF3NO2/c1-7(11)5-8(2)15-9(16)3-4-17-6-10(12,13)14/h7-8H,3-6H2,1-2H3,(H,15,16). The van der Waals surface area contributed by atoms with Gasteiger partial charge in [0.25, 0.3) is 0 Å². The Hall–Kier alpha value is -0.490. The lowest BCUT2D eigenvalue weighted by Crippen LogP contribution is -2.34. The summed E-state index contributed by atoms with van der Waals surface area (Å²) < 4.78 is 39.4. The van der Waals surface area contributed by atoms with Gasteiger partial charge >= 0.3 is 6.18 Å². The van der Waals surface area contributed by atoms with E-state index in [0.29, 0.717) is 6.42 Å². The Morgan fingerprint density at radius 2 is 2.00 bits per heavy atom. The number of alkyl halides is 4. The first-order chi connectivity index (χ1) is 7.70. The van der Waals surface area contributed by atoms with E-state index in [1.807, 2.05) is 0 Å². The highest BCUT2D eigenvalue weighted by Gasteiger charge is 2.27. The van der Waals surface area contributed by atoms with Crippen LogP contribution in [-0.4, -0.2) is 36.7 Å². The van der Waals surface area contributed by atoms with E-state index in [-0.39, 0.29) is 30.4 Å². The molecule has 0 fully saturated rings. The second kappa shape index (κ2) is 7.76. The van der Waals surface area contributed by atoms with Crippen LogP contribution in [0.3, 0.4) is 0 Å². The van der Waals surface area contributed by atoms with Crippen LogP contribution in [0.1, 0.15) is 26.7 Å². The molecule has 0 saturated carbocycles. The lowest BCUT2D eigenvalue weighted by atomic mass is 10.2. The average Bonchev–Trinajstić information content (AvgIpc) is 2.09. The Morgan fingerprint density at radius 1 is 1.41 bits per heavy atom. The van der Waals surface area contributed by atoms with Gasteiger partial charge in [0.15, 0.2) is 0 Å². The summed E-state index contributed by atoms with van der Waals surface area (Å²) in [4.78, 5) is 11.2. The molecular weight excluding hydrogens is 259 g/mol. The second-order valence-corrected chi connectivity index (χ2v) is 4.65. The minimum Gasteiger partial charge on any atom is -0.372 e. The molecule has 1 amide bonds. The van der Waals surface area contributed by atoms with Gasteiger partial charge in [-0.1, -0.05) is 0 Å². The zero-order valence-electron chi connectivity index (χ0n) is 9.81. The van der Waals surface area contributed by atoms with Gasteiger partial charge in [-0.15, -0.1) is 11.6 Å². The Morgan fingerprint density at radius 3 is 2.47 bits per heavy atom. The van der Waals surface area contributed by atoms with Crippen molar-refractivity contribution >= 4 is 17.5 Å². The number of amides is 1. The van der Waals surface area contributed by atoms with E-state index < -0.39 is 12.8 Å². The predicted molar refractivity (Wildman–Crippen MR) is 59.0 cm³/mol. The van der Waals surface area contributed by atoms with Crippen molar-refractivity contribution in [1.29, 1.82) is 0 Å². The molecule has 0 aromatic rings. The van der Waals surface area contributed by atoms with Gasteiger partial charge < -0.3 is 10.1 Å². The van der Waals surface area contributed by atoms with Gasteiger partial charge in [0, 0.05) is 17.8 Å². The molecule has 0 aromatic carbocycles. The summed E-state index contributed by atoms with van der Waals surface area (Å²) in [5, 5.41) is 2.56. The van der Waals surface area contributed by atoms with Crippen molar-refractivity contribution in [2.24, 2.45) is 0 Å². The molecule has 17 heavy (non-hydrogen) atoms. The van der Waals surface area contributed by atoms with Crippen LogP contribution in [0.25, 0.3) is 0 Å². The van der Waals surface area contributed by atoms with E-state index >= 15 is 0 Å². The summed E-state index contributed by atoms with van der Waals surface area (Å²) in [5.74, 6) is -0.336. The first-order valence-corrected chi connectivity index (χ1v) is 5.72. The fourth-order valence-corrected chi connectivity index (χ4v) is 1.51. The highest BCUT2D eigenvalue weighted by atomic mass is 35.5. The summed E-state index contributed by atoms with van der Waals surface area (Å²) in [6.07, 6.45) is -3.83. The summed E-state index contributed by atoms with van der Waals surface area (Å²) in [7, 11) is 0. The molecule has 0 rings (SSSR count). The molecule has 2 atom stereocenters. The van der Waals surface area contributed by atoms with Gasteiger partial charge in [-0.3, -0.25) is 4.79 Å². The third kappa shape index (κ3) is 11.8. The minimum atomic E-state index is -4.35. The highest BCUT2D eigenvalue weighted by Crippen LogP contribution is 2.14. The maximum Gasteiger partial charge on any atom is 0.411 e. The topological polar surface area (TPSA) is 38.3 Å². The summed E-state index contributed by atoms with van der Waals surface area (Å²) >= 11 is 5.73. The number of hydrogen-bond acceptors (Lipinski definition) is 2. The number of carbonyl (C=O) groups excluding carboxylic acids is 1. The predicted octanol–water partition coefficient (Wildman–Crippen LogP) is 2.48. The molecule has 2 unspecified atom stereocenters. The van der Waals surface area contributed by atoms with Crippen LogP contribution >= 0.6 is 11.6 Å². The van der Waals surface area contributed by atoms with Crippen LogP contribution in [0.5, 0.6) is 0 Å². The van der Waals surface area contributed by atoms with Gasteiger partial charge in [-0.2, -0.15) is 13.2 Å². The first-order valence-electron chi connectivity index (χ1n) is 5.28. The van der Waals surface area contributed by atoms with Crippen LogP contribution in [-0.2, 0) is 9.53 Å². The number of ether oxygens (including phenoxy) is 1. The lowest BCUT2D eigenvalue weighted by Gasteiger charge is -2.15. The fourth-order valence-electron chi connectivity index (χ4n) is 1.25. The summed E-state index contributed by atoms with van der Waals surface area (Å²) in [5.41, 5.74) is 0. The van der Waals surface area contributed by atoms with Crippen molar-refractivity contribution in [3.05, 3.63) is 0 Å². The van der Waals surface area contributed by atoms with Crippen LogP contribution in [0, 0.1) is 0 Å². The number of halogens is 4. The van der Waals surface area contributed by atoms with Crippen LogP contribution in [0.15, 0.2) is 0 Å². The Balaban J connectivity index is 3.60. The molecule has 0 heterocycles. The molecular formula is C10H17ClF3NO2. The minimum absolute atomic E-state index is 0.0632. The van der Waals surface area contributed by atoms with Crippen molar-refractivity contribution in [3.8, 4) is 0 Å². The molecule has 102 valence electrons. The van der Waals surface area contributed by atoms with Gasteiger partial charge in [-0.05, 0) is 20.3 Å². The van der Waals surface area contributed by atoms with Crippen LogP contribution in [0.2, 0.25) is 0 Å². The molecule has 0 spiro atoms. The van der Waals surface area contributed by atoms with Gasteiger partial charge in [-0.25, -0.2) is 0 Å². The van der Waals surface area contributed by atoms with Crippen molar-refractivity contribution in [2.75, 3.05) is 13.2 Å². The van der Waals surface area contributed by atoms with Gasteiger partial charge in [0.2, 0.25) is 5.91 Å². The maximum atomic E-state index is 11.7. The van der Waals surface area contributed by atoms with Crippen molar-refractivity contribution in [1.82, 2.24) is 5.32 Å². The average molecular weight is 276 g/mol. The number of hydrogen-bond donors (Lipinski definition) is 1. The Labute approximate surface area is 104 Å². The normalized spacial score (nSPS) is 15.4. The molecule has 3 nitrogen and oxygen atoms in total. The molecule has 0 saturated heterocycles. The van der Waals surface area contributed by atoms with E-state index in [9.17, 15) is 18.0 Å². The molecule has 0 bridgehead atoms. The first kappa shape index (κ1) is 16.5. The van der Waals surface area contributed by atoms with Crippen molar-refractivity contribution in [3.63, 3.8) is 0 Å². The van der Waals surface area contributed by atoms with Crippen molar-refractivity contribution < 1.29 is 22.7 Å². The van der Waals surface area contributed by atoms with Crippen LogP contribution in [0.4, 0.5) is 13.2 Å². The number of carbonyl (C=O) groups is 1. The van der Waals surface area contributed by atoms with E-state index in [4.69, 9.17) is 11.6 Å². The van der Waals surface area contributed by atoms with E-state index in [1.165, 1.54) is 0 Å². The smallest absolute Gasteiger partial charge is 0.372 e. The third-order valence-electron chi connectivity index (χ3n) is 1.82. The zero-order chi connectivity index (χ0) is 13.5. The lowest BCUT2D eigenvalue weighted by molar-refractivity contribution is -0.174. The SMILES string of the molecule is CC(Cl)CC(C)NC(=O)CCOCC(F)(F)F. The van der Waals surface area contributed by atoms with Gasteiger partial charge in [0.1, 0.15) is 6.61 Å². The third-order valence-corrected chi connectivity index (χ3v) is 2.00. The Kier molecular flexibility index (Phi) is 7.54. The summed E-state index contributed by atoms with van der Waals surface area (Å²) in [6, 6.07) is -0.0994. The molecule has 0 aliphatic carbocycles. The Bertz CT molecular complexity index is 234. The highest BCUT2D eigenvalue weighted by molar-refractivity contribution is 6.20. The molecule has 0 radical (unpaired) electrons. The quantitative estimate of drug-likeness (QED) is 0.573. The van der Waals surface area contributed by atoms with Gasteiger partial charge in [0.05, 0.1) is 6.61 Å². The van der Waals surface area contributed by atoms with Crippen molar-refractivity contribution in [2.45, 2.75) is 44.3 Å². The van der Waals surface area contributed by atoms with E-state index in [2.05, 4.69) is 10.1 Å². The maximum absolute atomic E-state index is 11.7. The molecule has 1 N–H and O–H groups in total. The molecule has 0 aromatic heterocycles. The number of rotatable bonds is 7. The monoisotopic (exact) mass is 275 g/mol. The van der Waals surface area contributed by atoms with E-state index in [0.717, 1.165) is 0 Å². The molecule has 0 aliphatic rings. The molecule has 0 aliphatic heterocycles. The second-order valence-electron chi connectivity index (χ2n) is 3.90. The molecule has 7 heteroatoms. The summed E-state index contributed by atoms with van der Waals surface area (Å²) in [6.45, 7) is 2.02. The van der Waals surface area contributed by atoms with E-state index in [1.54, 1.807) is 13.8 Å². The number of nitrogens with one attached hydrogen (secondary N) is 1. The zero-order valence-corrected chi connectivity index (χ0v) is 10.6. The largest absolute Gasteiger partial charge is 0.411 e. The fraction of sp³-hybridized carbons (Fsp3) is 0.900.